The summed E-state index contributed by atoms with van der Waals surface area (Å²) >= 11 is 1.24. The highest BCUT2D eigenvalue weighted by molar-refractivity contribution is 7.99. The Kier molecular flexibility index (Phi) is 6.97. The molecule has 6 nitrogen and oxygen atoms in total. The topological polar surface area (TPSA) is 75.4 Å². The zero-order valence-electron chi connectivity index (χ0n) is 18.9. The van der Waals surface area contributed by atoms with Gasteiger partial charge in [0.1, 0.15) is 22.6 Å². The molecule has 3 aromatic rings. The number of benzene rings is 2. The number of fused-ring (bicyclic) bond motifs is 1. The van der Waals surface area contributed by atoms with E-state index in [-0.39, 0.29) is 11.7 Å². The third-order valence-corrected chi connectivity index (χ3v) is 6.53. The van der Waals surface area contributed by atoms with Crippen molar-refractivity contribution < 1.29 is 14.3 Å². The van der Waals surface area contributed by atoms with Crippen LogP contribution in [-0.4, -0.2) is 42.3 Å². The number of hydrogen-bond acceptors (Lipinski definition) is 7. The van der Waals surface area contributed by atoms with E-state index in [1.54, 1.807) is 19.2 Å². The molecular weight excluding hydrogens is 434 g/mol. The van der Waals surface area contributed by atoms with Crippen LogP contribution in [0.2, 0.25) is 0 Å². The van der Waals surface area contributed by atoms with Crippen molar-refractivity contribution >= 4 is 17.7 Å². The summed E-state index contributed by atoms with van der Waals surface area (Å²) in [6.45, 7) is 3.56. The standard InChI is InChI=1S/C26H25N3O3S/c1-17-8-10-18(11-9-17)32-24(30)16-33-26-20(14-27)25(19-6-4-5-7-23(19)31-3)21-15-29(2)13-12-22(21)28-26/h4-11H,12-13,15-16H2,1-3H3. The van der Waals surface area contributed by atoms with Gasteiger partial charge < -0.3 is 14.4 Å². The smallest absolute Gasteiger partial charge is 0.321 e. The maximum atomic E-state index is 12.5. The van der Waals surface area contributed by atoms with Crippen LogP contribution in [0.4, 0.5) is 0 Å². The van der Waals surface area contributed by atoms with Gasteiger partial charge in [-0.15, -0.1) is 0 Å². The summed E-state index contributed by atoms with van der Waals surface area (Å²) in [5.74, 6) is 0.874. The molecule has 0 bridgehead atoms. The lowest BCUT2D eigenvalue weighted by atomic mass is 9.91. The van der Waals surface area contributed by atoms with E-state index in [4.69, 9.17) is 14.5 Å². The van der Waals surface area contributed by atoms with E-state index in [1.807, 2.05) is 43.3 Å². The van der Waals surface area contributed by atoms with Crippen molar-refractivity contribution in [3.05, 3.63) is 70.9 Å². The summed E-state index contributed by atoms with van der Waals surface area (Å²) < 4.78 is 11.1. The minimum Gasteiger partial charge on any atom is -0.496 e. The number of likely N-dealkylation sites (N-methyl/N-ethyl adjacent to an activating group) is 1. The fourth-order valence-corrected chi connectivity index (χ4v) is 4.70. The number of thioether (sulfide) groups is 1. The van der Waals surface area contributed by atoms with E-state index in [2.05, 4.69) is 18.0 Å². The van der Waals surface area contributed by atoms with Crippen molar-refractivity contribution in [2.45, 2.75) is 24.9 Å². The van der Waals surface area contributed by atoms with Crippen LogP contribution in [0.3, 0.4) is 0 Å². The van der Waals surface area contributed by atoms with E-state index in [1.165, 1.54) is 11.8 Å². The van der Waals surface area contributed by atoms with Gasteiger partial charge in [0.2, 0.25) is 0 Å². The second kappa shape index (κ2) is 10.1. The first kappa shape index (κ1) is 22.8. The van der Waals surface area contributed by atoms with Crippen LogP contribution in [0.25, 0.3) is 11.1 Å². The Morgan fingerprint density at radius 2 is 1.97 bits per heavy atom. The Bertz CT molecular complexity index is 1220. The molecule has 2 aromatic carbocycles. The number of carbonyl (C=O) groups excluding carboxylic acids is 1. The number of carbonyl (C=O) groups is 1. The van der Waals surface area contributed by atoms with Gasteiger partial charge in [-0.25, -0.2) is 4.98 Å². The van der Waals surface area contributed by atoms with Crippen molar-refractivity contribution in [3.8, 4) is 28.7 Å². The van der Waals surface area contributed by atoms with Crippen LogP contribution >= 0.6 is 11.8 Å². The van der Waals surface area contributed by atoms with Crippen LogP contribution < -0.4 is 9.47 Å². The molecular formula is C26H25N3O3S. The third-order valence-electron chi connectivity index (χ3n) is 5.58. The number of aromatic nitrogens is 1. The van der Waals surface area contributed by atoms with Gasteiger partial charge in [0.05, 0.1) is 18.4 Å². The summed E-state index contributed by atoms with van der Waals surface area (Å²) in [6, 6.07) is 17.4. The van der Waals surface area contributed by atoms with Gasteiger partial charge in [0.25, 0.3) is 0 Å². The van der Waals surface area contributed by atoms with E-state index in [0.29, 0.717) is 28.6 Å². The first-order chi connectivity index (χ1) is 16.0. The molecule has 1 aliphatic rings. The predicted octanol–water partition coefficient (Wildman–Crippen LogP) is 4.62. The molecule has 0 radical (unpaired) electrons. The molecule has 0 aliphatic carbocycles. The summed E-state index contributed by atoms with van der Waals surface area (Å²) in [7, 11) is 3.69. The van der Waals surface area contributed by atoms with Gasteiger partial charge in [0, 0.05) is 36.3 Å². The number of nitrogens with zero attached hydrogens (tertiary/aromatic N) is 3. The number of hydrogen-bond donors (Lipinski definition) is 0. The number of ether oxygens (including phenoxy) is 2. The van der Waals surface area contributed by atoms with Gasteiger partial charge >= 0.3 is 5.97 Å². The lowest BCUT2D eigenvalue weighted by Gasteiger charge is -2.28. The SMILES string of the molecule is COc1ccccc1-c1c(C#N)c(SCC(=O)Oc2ccc(C)cc2)nc2c1CN(C)CC2. The minimum atomic E-state index is -0.383. The number of rotatable bonds is 6. The van der Waals surface area contributed by atoms with Crippen molar-refractivity contribution in [2.24, 2.45) is 0 Å². The summed E-state index contributed by atoms with van der Waals surface area (Å²) in [5.41, 5.74) is 5.24. The number of nitriles is 1. The molecule has 0 atom stereocenters. The molecule has 4 rings (SSSR count). The Balaban J connectivity index is 1.69. The second-order valence-corrected chi connectivity index (χ2v) is 8.93. The van der Waals surface area contributed by atoms with Gasteiger partial charge in [0.15, 0.2) is 0 Å². The van der Waals surface area contributed by atoms with Crippen molar-refractivity contribution in [1.29, 1.82) is 5.26 Å². The molecule has 0 fully saturated rings. The van der Waals surface area contributed by atoms with Crippen LogP contribution in [0.5, 0.6) is 11.5 Å². The molecule has 0 amide bonds. The van der Waals surface area contributed by atoms with Crippen molar-refractivity contribution in [1.82, 2.24) is 9.88 Å². The fourth-order valence-electron chi connectivity index (χ4n) is 3.92. The molecule has 0 N–H and O–H groups in total. The van der Waals surface area contributed by atoms with Gasteiger partial charge in [-0.3, -0.25) is 4.79 Å². The Labute approximate surface area is 198 Å². The number of methoxy groups -OCH3 is 1. The molecule has 0 saturated heterocycles. The lowest BCUT2D eigenvalue weighted by molar-refractivity contribution is -0.131. The van der Waals surface area contributed by atoms with E-state index in [9.17, 15) is 10.1 Å². The van der Waals surface area contributed by atoms with E-state index < -0.39 is 0 Å². The van der Waals surface area contributed by atoms with Crippen LogP contribution in [0.15, 0.2) is 53.6 Å². The number of esters is 1. The van der Waals surface area contributed by atoms with Gasteiger partial charge in [-0.05, 0) is 37.7 Å². The highest BCUT2D eigenvalue weighted by atomic mass is 32.2. The van der Waals surface area contributed by atoms with Crippen molar-refractivity contribution in [2.75, 3.05) is 26.5 Å². The molecule has 33 heavy (non-hydrogen) atoms. The zero-order valence-corrected chi connectivity index (χ0v) is 19.7. The maximum Gasteiger partial charge on any atom is 0.321 e. The first-order valence-corrected chi connectivity index (χ1v) is 11.7. The highest BCUT2D eigenvalue weighted by Gasteiger charge is 2.26. The summed E-state index contributed by atoms with van der Waals surface area (Å²) in [4.78, 5) is 19.5. The number of pyridine rings is 1. The van der Waals surface area contributed by atoms with Crippen molar-refractivity contribution in [3.63, 3.8) is 0 Å². The molecule has 0 saturated carbocycles. The van der Waals surface area contributed by atoms with E-state index in [0.717, 1.165) is 40.9 Å². The third kappa shape index (κ3) is 5.03. The van der Waals surface area contributed by atoms with Crippen LogP contribution in [-0.2, 0) is 17.8 Å². The number of aryl methyl sites for hydroxylation is 1. The van der Waals surface area contributed by atoms with Gasteiger partial charge in [-0.1, -0.05) is 47.7 Å². The Hall–Kier alpha value is -3.34. The molecule has 168 valence electrons. The lowest BCUT2D eigenvalue weighted by Crippen LogP contribution is -2.28. The molecule has 0 unspecified atom stereocenters. The second-order valence-electron chi connectivity index (χ2n) is 7.97. The normalized spacial score (nSPS) is 13.2. The molecule has 7 heteroatoms. The summed E-state index contributed by atoms with van der Waals surface area (Å²) in [5, 5.41) is 10.7. The fraction of sp³-hybridized carbons (Fsp3) is 0.269. The van der Waals surface area contributed by atoms with Gasteiger partial charge in [-0.2, -0.15) is 5.26 Å². The summed E-state index contributed by atoms with van der Waals surface area (Å²) in [6.07, 6.45) is 0.779. The van der Waals surface area contributed by atoms with Crippen LogP contribution in [0.1, 0.15) is 22.4 Å². The highest BCUT2D eigenvalue weighted by Crippen LogP contribution is 2.40. The minimum absolute atomic E-state index is 0.0552. The number of para-hydroxylation sites is 1. The average Bonchev–Trinajstić information content (AvgIpc) is 2.83. The van der Waals surface area contributed by atoms with Crippen LogP contribution in [0, 0.1) is 18.3 Å². The first-order valence-electron chi connectivity index (χ1n) is 10.7. The van der Waals surface area contributed by atoms with E-state index >= 15 is 0 Å². The largest absolute Gasteiger partial charge is 0.496 e. The average molecular weight is 460 g/mol. The quantitative estimate of drug-likeness (QED) is 0.302. The predicted molar refractivity (Wildman–Crippen MR) is 129 cm³/mol. The molecule has 1 aromatic heterocycles. The maximum absolute atomic E-state index is 12.5. The monoisotopic (exact) mass is 459 g/mol. The Morgan fingerprint density at radius 1 is 1.21 bits per heavy atom. The molecule has 2 heterocycles. The Morgan fingerprint density at radius 3 is 2.70 bits per heavy atom. The molecule has 0 spiro atoms. The molecule has 1 aliphatic heterocycles. The zero-order chi connectivity index (χ0) is 23.4.